The summed E-state index contributed by atoms with van der Waals surface area (Å²) in [5.74, 6) is -1.28. The summed E-state index contributed by atoms with van der Waals surface area (Å²) < 4.78 is 4.96. The Balaban J connectivity index is 1.74. The molecule has 0 fully saturated rings. The predicted molar refractivity (Wildman–Crippen MR) is 109 cm³/mol. The highest BCUT2D eigenvalue weighted by Gasteiger charge is 2.12. The van der Waals surface area contributed by atoms with Gasteiger partial charge in [-0.15, -0.1) is 0 Å². The third kappa shape index (κ3) is 6.54. The molecule has 2 rings (SSSR count). The van der Waals surface area contributed by atoms with Gasteiger partial charge in [0.2, 0.25) is 5.91 Å². The molecule has 0 atom stereocenters. The van der Waals surface area contributed by atoms with E-state index < -0.39 is 11.9 Å². The lowest BCUT2D eigenvalue weighted by molar-refractivity contribution is -0.147. The Morgan fingerprint density at radius 3 is 2.11 bits per heavy atom. The van der Waals surface area contributed by atoms with Crippen LogP contribution in [0.15, 0.2) is 36.4 Å². The van der Waals surface area contributed by atoms with Crippen LogP contribution in [0, 0.1) is 27.7 Å². The first-order valence-electron chi connectivity index (χ1n) is 9.14. The first kappa shape index (κ1) is 21.2. The van der Waals surface area contributed by atoms with Crippen molar-refractivity contribution in [2.75, 3.05) is 17.2 Å². The summed E-state index contributed by atoms with van der Waals surface area (Å²) in [6, 6.07) is 11.4. The van der Waals surface area contributed by atoms with Crippen LogP contribution in [0.3, 0.4) is 0 Å². The molecule has 0 aliphatic heterocycles. The van der Waals surface area contributed by atoms with E-state index in [2.05, 4.69) is 10.6 Å². The molecule has 0 saturated carbocycles. The summed E-state index contributed by atoms with van der Waals surface area (Å²) in [6.07, 6.45) is -0.0990. The molecule has 6 heteroatoms. The van der Waals surface area contributed by atoms with E-state index in [4.69, 9.17) is 4.74 Å². The van der Waals surface area contributed by atoms with Gasteiger partial charge in [-0.05, 0) is 56.5 Å². The molecule has 0 spiro atoms. The van der Waals surface area contributed by atoms with Crippen molar-refractivity contribution in [3.8, 4) is 0 Å². The molecule has 0 aliphatic rings. The molecule has 6 nitrogen and oxygen atoms in total. The molecule has 0 aliphatic carbocycles. The normalized spacial score (nSPS) is 10.3. The van der Waals surface area contributed by atoms with Crippen LogP contribution in [0.25, 0.3) is 0 Å². The van der Waals surface area contributed by atoms with Crippen molar-refractivity contribution in [2.45, 2.75) is 40.5 Å². The van der Waals surface area contributed by atoms with E-state index in [9.17, 15) is 14.4 Å². The van der Waals surface area contributed by atoms with Crippen LogP contribution in [-0.4, -0.2) is 24.4 Å². The standard InChI is InChI=1S/C22H26N2O4/c1-14-6-8-18(17(4)11-14)23-20(25)9-10-22(27)28-13-21(26)24-19-12-15(2)5-7-16(19)3/h5-8,11-12H,9-10,13H2,1-4H3,(H,23,25)(H,24,26). The van der Waals surface area contributed by atoms with Crippen LogP contribution in [0.1, 0.15) is 35.1 Å². The summed E-state index contributed by atoms with van der Waals surface area (Å²) >= 11 is 0. The van der Waals surface area contributed by atoms with Crippen molar-refractivity contribution in [1.29, 1.82) is 0 Å². The number of benzene rings is 2. The number of rotatable bonds is 7. The van der Waals surface area contributed by atoms with Crippen LogP contribution in [0.2, 0.25) is 0 Å². The summed E-state index contributed by atoms with van der Waals surface area (Å²) in [4.78, 5) is 35.8. The van der Waals surface area contributed by atoms with Crippen molar-refractivity contribution in [2.24, 2.45) is 0 Å². The van der Waals surface area contributed by atoms with Crippen molar-refractivity contribution in [3.63, 3.8) is 0 Å². The van der Waals surface area contributed by atoms with E-state index in [0.717, 1.165) is 27.9 Å². The summed E-state index contributed by atoms with van der Waals surface area (Å²) in [5, 5.41) is 5.50. The lowest BCUT2D eigenvalue weighted by Gasteiger charge is -2.10. The van der Waals surface area contributed by atoms with Crippen molar-refractivity contribution in [3.05, 3.63) is 58.7 Å². The number of carbonyl (C=O) groups is 3. The highest BCUT2D eigenvalue weighted by Crippen LogP contribution is 2.17. The van der Waals surface area contributed by atoms with Gasteiger partial charge in [0.1, 0.15) is 0 Å². The van der Waals surface area contributed by atoms with Crippen molar-refractivity contribution >= 4 is 29.2 Å². The van der Waals surface area contributed by atoms with Gasteiger partial charge >= 0.3 is 5.97 Å². The maximum Gasteiger partial charge on any atom is 0.306 e. The van der Waals surface area contributed by atoms with Crippen LogP contribution in [0.4, 0.5) is 11.4 Å². The quantitative estimate of drug-likeness (QED) is 0.713. The topological polar surface area (TPSA) is 84.5 Å². The summed E-state index contributed by atoms with van der Waals surface area (Å²) in [6.45, 7) is 7.31. The Bertz CT molecular complexity index is 890. The van der Waals surface area contributed by atoms with Gasteiger partial charge in [-0.2, -0.15) is 0 Å². The van der Waals surface area contributed by atoms with E-state index in [1.54, 1.807) is 0 Å². The summed E-state index contributed by atoms with van der Waals surface area (Å²) in [7, 11) is 0. The SMILES string of the molecule is Cc1ccc(NC(=O)CCC(=O)OCC(=O)Nc2cc(C)ccc2C)c(C)c1. The number of nitrogens with one attached hydrogen (secondary N) is 2. The zero-order chi connectivity index (χ0) is 20.7. The van der Waals surface area contributed by atoms with Gasteiger partial charge in [0.15, 0.2) is 6.61 Å². The highest BCUT2D eigenvalue weighted by atomic mass is 16.5. The molecule has 0 unspecified atom stereocenters. The predicted octanol–water partition coefficient (Wildman–Crippen LogP) is 3.82. The van der Waals surface area contributed by atoms with Crippen LogP contribution < -0.4 is 10.6 Å². The lowest BCUT2D eigenvalue weighted by atomic mass is 10.1. The van der Waals surface area contributed by atoms with Gasteiger partial charge in [0, 0.05) is 17.8 Å². The Morgan fingerprint density at radius 1 is 0.750 bits per heavy atom. The fraction of sp³-hybridized carbons (Fsp3) is 0.318. The average molecular weight is 382 g/mol. The van der Waals surface area contributed by atoms with Crippen LogP contribution in [0.5, 0.6) is 0 Å². The second-order valence-corrected chi connectivity index (χ2v) is 6.89. The number of aryl methyl sites for hydroxylation is 4. The largest absolute Gasteiger partial charge is 0.456 e. The molecule has 2 aromatic carbocycles. The number of hydrogen-bond acceptors (Lipinski definition) is 4. The lowest BCUT2D eigenvalue weighted by Crippen LogP contribution is -2.22. The second kappa shape index (κ2) is 9.69. The minimum Gasteiger partial charge on any atom is -0.456 e. The van der Waals surface area contributed by atoms with Gasteiger partial charge in [0.25, 0.3) is 5.91 Å². The number of esters is 1. The number of hydrogen-bond donors (Lipinski definition) is 2. The van der Waals surface area contributed by atoms with Gasteiger partial charge in [-0.1, -0.05) is 29.8 Å². The van der Waals surface area contributed by atoms with E-state index in [1.807, 2.05) is 64.1 Å². The minimum absolute atomic E-state index is 0.00917. The van der Waals surface area contributed by atoms with Gasteiger partial charge in [-0.25, -0.2) is 0 Å². The number of carbonyl (C=O) groups excluding carboxylic acids is 3. The van der Waals surface area contributed by atoms with Crippen molar-refractivity contribution in [1.82, 2.24) is 0 Å². The highest BCUT2D eigenvalue weighted by molar-refractivity contribution is 5.95. The van der Waals surface area contributed by atoms with Gasteiger partial charge < -0.3 is 15.4 Å². The van der Waals surface area contributed by atoms with Gasteiger partial charge in [0.05, 0.1) is 6.42 Å². The van der Waals surface area contributed by atoms with Gasteiger partial charge in [-0.3, -0.25) is 14.4 Å². The zero-order valence-electron chi connectivity index (χ0n) is 16.7. The Hall–Kier alpha value is -3.15. The Labute approximate surface area is 165 Å². The van der Waals surface area contributed by atoms with Crippen LogP contribution >= 0.6 is 0 Å². The third-order valence-electron chi connectivity index (χ3n) is 4.24. The molecular weight excluding hydrogens is 356 g/mol. The molecule has 28 heavy (non-hydrogen) atoms. The average Bonchev–Trinajstić information content (AvgIpc) is 2.63. The third-order valence-corrected chi connectivity index (χ3v) is 4.24. The number of anilines is 2. The fourth-order valence-electron chi connectivity index (χ4n) is 2.66. The Morgan fingerprint density at radius 2 is 1.39 bits per heavy atom. The van der Waals surface area contributed by atoms with E-state index in [-0.39, 0.29) is 25.4 Å². The molecule has 0 heterocycles. The molecular formula is C22H26N2O4. The van der Waals surface area contributed by atoms with Crippen molar-refractivity contribution < 1.29 is 19.1 Å². The molecule has 0 saturated heterocycles. The number of amides is 2. The van der Waals surface area contributed by atoms with Crippen LogP contribution in [-0.2, 0) is 19.1 Å². The molecule has 2 amide bonds. The molecule has 0 aromatic heterocycles. The first-order chi connectivity index (χ1) is 13.2. The fourth-order valence-corrected chi connectivity index (χ4v) is 2.66. The smallest absolute Gasteiger partial charge is 0.306 e. The minimum atomic E-state index is -0.591. The molecule has 148 valence electrons. The first-order valence-corrected chi connectivity index (χ1v) is 9.14. The monoisotopic (exact) mass is 382 g/mol. The molecule has 0 bridgehead atoms. The molecule has 0 radical (unpaired) electrons. The summed E-state index contributed by atoms with van der Waals surface area (Å²) in [5.41, 5.74) is 5.42. The Kier molecular flexibility index (Phi) is 7.32. The number of ether oxygens (including phenoxy) is 1. The molecule has 2 N–H and O–H groups in total. The molecule has 2 aromatic rings. The zero-order valence-corrected chi connectivity index (χ0v) is 16.7. The maximum absolute atomic E-state index is 12.0. The van der Waals surface area contributed by atoms with E-state index in [1.165, 1.54) is 0 Å². The van der Waals surface area contributed by atoms with E-state index in [0.29, 0.717) is 5.69 Å². The van der Waals surface area contributed by atoms with E-state index >= 15 is 0 Å². The second-order valence-electron chi connectivity index (χ2n) is 6.89. The maximum atomic E-state index is 12.0.